The van der Waals surface area contributed by atoms with E-state index in [0.717, 1.165) is 55.8 Å². The van der Waals surface area contributed by atoms with Crippen LogP contribution in [0.5, 0.6) is 0 Å². The Morgan fingerprint density at radius 3 is 2.41 bits per heavy atom. The van der Waals surface area contributed by atoms with E-state index in [-0.39, 0.29) is 10.7 Å². The lowest BCUT2D eigenvalue weighted by Gasteiger charge is -2.32. The Morgan fingerprint density at radius 2 is 1.74 bits per heavy atom. The van der Waals surface area contributed by atoms with Crippen LogP contribution in [0, 0.1) is 0 Å². The first-order valence-corrected chi connectivity index (χ1v) is 10.9. The van der Waals surface area contributed by atoms with E-state index in [2.05, 4.69) is 37.7 Å². The van der Waals surface area contributed by atoms with Crippen molar-refractivity contribution in [3.63, 3.8) is 0 Å². The SMILES string of the molecule is CN1CCN(c2ccc(-c3cccc(NC(=O)Nc4cc(C(F)(F)F)ccc4Cl)c3)nn2)CC1. The molecule has 2 heterocycles. The number of hydrogen-bond acceptors (Lipinski definition) is 5. The molecule has 1 saturated heterocycles. The van der Waals surface area contributed by atoms with Gasteiger partial charge in [0.15, 0.2) is 5.82 Å². The van der Waals surface area contributed by atoms with Gasteiger partial charge in [-0.2, -0.15) is 13.2 Å². The van der Waals surface area contributed by atoms with Crippen molar-refractivity contribution >= 4 is 34.8 Å². The number of aromatic nitrogens is 2. The van der Waals surface area contributed by atoms with Crippen LogP contribution in [0.25, 0.3) is 11.3 Å². The van der Waals surface area contributed by atoms with Crippen LogP contribution in [-0.2, 0) is 6.18 Å². The molecule has 0 bridgehead atoms. The normalized spacial score (nSPS) is 14.7. The van der Waals surface area contributed by atoms with E-state index in [1.807, 2.05) is 18.2 Å². The predicted molar refractivity (Wildman–Crippen MR) is 126 cm³/mol. The summed E-state index contributed by atoms with van der Waals surface area (Å²) in [5, 5.41) is 13.6. The maximum atomic E-state index is 12.9. The van der Waals surface area contributed by atoms with Crippen LogP contribution in [0.2, 0.25) is 5.02 Å². The topological polar surface area (TPSA) is 73.4 Å². The van der Waals surface area contributed by atoms with Gasteiger partial charge < -0.3 is 20.4 Å². The van der Waals surface area contributed by atoms with Crippen molar-refractivity contribution in [2.24, 2.45) is 0 Å². The highest BCUT2D eigenvalue weighted by Gasteiger charge is 2.31. The monoisotopic (exact) mass is 490 g/mol. The smallest absolute Gasteiger partial charge is 0.353 e. The zero-order chi connectivity index (χ0) is 24.3. The van der Waals surface area contributed by atoms with Gasteiger partial charge in [0.05, 0.1) is 22.0 Å². The van der Waals surface area contributed by atoms with Crippen LogP contribution in [-0.4, -0.2) is 54.4 Å². The zero-order valence-electron chi connectivity index (χ0n) is 18.2. The highest BCUT2D eigenvalue weighted by molar-refractivity contribution is 6.33. The number of urea groups is 1. The third-order valence-corrected chi connectivity index (χ3v) is 5.77. The van der Waals surface area contributed by atoms with Gasteiger partial charge in [0.2, 0.25) is 0 Å². The Bertz CT molecular complexity index is 1160. The Morgan fingerprint density at radius 1 is 0.971 bits per heavy atom. The van der Waals surface area contributed by atoms with Crippen molar-refractivity contribution in [2.75, 3.05) is 48.8 Å². The number of rotatable bonds is 4. The molecule has 2 aromatic carbocycles. The fourth-order valence-corrected chi connectivity index (χ4v) is 3.69. The largest absolute Gasteiger partial charge is 0.416 e. The van der Waals surface area contributed by atoms with Gasteiger partial charge in [0.1, 0.15) is 0 Å². The molecule has 0 atom stereocenters. The molecule has 2 amide bonds. The van der Waals surface area contributed by atoms with E-state index in [4.69, 9.17) is 11.6 Å². The number of nitrogens with zero attached hydrogens (tertiary/aromatic N) is 4. The Kier molecular flexibility index (Phi) is 6.90. The number of hydrogen-bond donors (Lipinski definition) is 2. The lowest BCUT2D eigenvalue weighted by Crippen LogP contribution is -2.44. The first-order valence-electron chi connectivity index (χ1n) is 10.5. The van der Waals surface area contributed by atoms with Gasteiger partial charge in [-0.15, -0.1) is 10.2 Å². The van der Waals surface area contributed by atoms with E-state index in [0.29, 0.717) is 11.4 Å². The Balaban J connectivity index is 1.43. The summed E-state index contributed by atoms with van der Waals surface area (Å²) in [6.07, 6.45) is -4.55. The molecule has 11 heteroatoms. The van der Waals surface area contributed by atoms with Crippen molar-refractivity contribution in [2.45, 2.75) is 6.18 Å². The second-order valence-electron chi connectivity index (χ2n) is 7.92. The highest BCUT2D eigenvalue weighted by Crippen LogP contribution is 2.34. The van der Waals surface area contributed by atoms with Gasteiger partial charge in [-0.05, 0) is 49.5 Å². The van der Waals surface area contributed by atoms with Crippen LogP contribution in [0.1, 0.15) is 5.56 Å². The van der Waals surface area contributed by atoms with Gasteiger partial charge in [0, 0.05) is 37.4 Å². The highest BCUT2D eigenvalue weighted by atomic mass is 35.5. The summed E-state index contributed by atoms with van der Waals surface area (Å²) in [6.45, 7) is 3.69. The number of nitrogens with one attached hydrogen (secondary N) is 2. The summed E-state index contributed by atoms with van der Waals surface area (Å²) in [7, 11) is 2.08. The number of benzene rings is 2. The molecule has 7 nitrogen and oxygen atoms in total. The Hall–Kier alpha value is -3.37. The number of anilines is 3. The van der Waals surface area contributed by atoms with E-state index in [1.165, 1.54) is 0 Å². The van der Waals surface area contributed by atoms with Crippen LogP contribution in [0.15, 0.2) is 54.6 Å². The molecule has 4 rings (SSSR count). The molecule has 1 aromatic heterocycles. The average molecular weight is 491 g/mol. The maximum Gasteiger partial charge on any atom is 0.416 e. The lowest BCUT2D eigenvalue weighted by molar-refractivity contribution is -0.137. The fraction of sp³-hybridized carbons (Fsp3) is 0.261. The molecular formula is C23H22ClF3N6O. The third-order valence-electron chi connectivity index (χ3n) is 5.44. The van der Waals surface area contributed by atoms with E-state index >= 15 is 0 Å². The number of halogens is 4. The summed E-state index contributed by atoms with van der Waals surface area (Å²) in [5.41, 5.74) is 0.738. The van der Waals surface area contributed by atoms with Crippen molar-refractivity contribution in [3.8, 4) is 11.3 Å². The van der Waals surface area contributed by atoms with Gasteiger partial charge in [0.25, 0.3) is 0 Å². The quantitative estimate of drug-likeness (QED) is 0.525. The first kappa shape index (κ1) is 23.8. The van der Waals surface area contributed by atoms with Crippen LogP contribution in [0.4, 0.5) is 35.2 Å². The van der Waals surface area contributed by atoms with Gasteiger partial charge in [-0.25, -0.2) is 4.79 Å². The second kappa shape index (κ2) is 9.86. The molecule has 1 aliphatic rings. The van der Waals surface area contributed by atoms with E-state index < -0.39 is 17.8 Å². The molecule has 0 aliphatic carbocycles. The molecule has 2 N–H and O–H groups in total. The van der Waals surface area contributed by atoms with Crippen LogP contribution in [0.3, 0.4) is 0 Å². The summed E-state index contributed by atoms with van der Waals surface area (Å²) in [4.78, 5) is 16.8. The third kappa shape index (κ3) is 5.75. The number of piperazine rings is 1. The minimum Gasteiger partial charge on any atom is -0.353 e. The lowest BCUT2D eigenvalue weighted by atomic mass is 10.1. The van der Waals surface area contributed by atoms with Crippen LogP contribution < -0.4 is 15.5 Å². The second-order valence-corrected chi connectivity index (χ2v) is 8.33. The number of carbonyl (C=O) groups excluding carboxylic acids is 1. The maximum absolute atomic E-state index is 12.9. The van der Waals surface area contributed by atoms with Crippen LogP contribution >= 0.6 is 11.6 Å². The van der Waals surface area contributed by atoms with Gasteiger partial charge in [-0.1, -0.05) is 23.7 Å². The standard InChI is InChI=1S/C23H22ClF3N6O/c1-32-9-11-33(12-10-32)21-8-7-19(30-31-21)15-3-2-4-17(13-15)28-22(34)29-20-14-16(23(25,26)27)5-6-18(20)24/h2-8,13-14H,9-12H2,1H3,(H2,28,29,34). The van der Waals surface area contributed by atoms with Crippen molar-refractivity contribution in [3.05, 3.63) is 65.2 Å². The molecule has 0 radical (unpaired) electrons. The minimum absolute atomic E-state index is 0.00684. The predicted octanol–water partition coefficient (Wildman–Crippen LogP) is 5.21. The molecule has 178 valence electrons. The Labute approximate surface area is 199 Å². The first-order chi connectivity index (χ1) is 16.2. The number of carbonyl (C=O) groups is 1. The van der Waals surface area contributed by atoms with Crippen molar-refractivity contribution < 1.29 is 18.0 Å². The minimum atomic E-state index is -4.55. The molecule has 0 spiro atoms. The summed E-state index contributed by atoms with van der Waals surface area (Å²) < 4.78 is 38.8. The average Bonchev–Trinajstić information content (AvgIpc) is 2.80. The van der Waals surface area contributed by atoms with Crippen molar-refractivity contribution in [1.29, 1.82) is 0 Å². The summed E-state index contributed by atoms with van der Waals surface area (Å²) in [6, 6.07) is 12.7. The van der Waals surface area contributed by atoms with Gasteiger partial charge in [-0.3, -0.25) is 0 Å². The van der Waals surface area contributed by atoms with E-state index in [1.54, 1.807) is 18.2 Å². The molecule has 0 saturated carbocycles. The molecule has 3 aromatic rings. The van der Waals surface area contributed by atoms with Gasteiger partial charge >= 0.3 is 12.2 Å². The molecule has 1 fully saturated rings. The van der Waals surface area contributed by atoms with E-state index in [9.17, 15) is 18.0 Å². The molecule has 1 aliphatic heterocycles. The molecular weight excluding hydrogens is 469 g/mol. The van der Waals surface area contributed by atoms with Crippen molar-refractivity contribution in [1.82, 2.24) is 15.1 Å². The summed E-state index contributed by atoms with van der Waals surface area (Å²) >= 11 is 5.94. The number of alkyl halides is 3. The fourth-order valence-electron chi connectivity index (χ4n) is 3.52. The molecule has 0 unspecified atom stereocenters. The number of amides is 2. The summed E-state index contributed by atoms with van der Waals surface area (Å²) in [5.74, 6) is 0.809. The molecule has 34 heavy (non-hydrogen) atoms. The number of likely N-dealkylation sites (N-methyl/N-ethyl adjacent to an activating group) is 1. The zero-order valence-corrected chi connectivity index (χ0v) is 19.0.